The second-order valence-corrected chi connectivity index (χ2v) is 6.11. The van der Waals surface area contributed by atoms with Gasteiger partial charge in [0.05, 0.1) is 0 Å². The van der Waals surface area contributed by atoms with E-state index in [9.17, 15) is 0 Å². The molecule has 20 heavy (non-hydrogen) atoms. The van der Waals surface area contributed by atoms with E-state index in [1.165, 1.54) is 19.6 Å². The maximum atomic E-state index is 9.16. The molecule has 0 amide bonds. The van der Waals surface area contributed by atoms with Crippen molar-refractivity contribution in [3.63, 3.8) is 0 Å². The van der Waals surface area contributed by atoms with Crippen molar-refractivity contribution in [3.05, 3.63) is 0 Å². The molecule has 0 radical (unpaired) electrons. The summed E-state index contributed by atoms with van der Waals surface area (Å²) < 4.78 is 0. The monoisotopic (exact) mass is 286 g/mol. The lowest BCUT2D eigenvalue weighted by molar-refractivity contribution is 0.112. The minimum atomic E-state index is 0.282. The number of aliphatic hydroxyl groups is 1. The van der Waals surface area contributed by atoms with E-state index >= 15 is 0 Å². The summed E-state index contributed by atoms with van der Waals surface area (Å²) in [5, 5.41) is 12.7. The Balaban J connectivity index is 2.22. The van der Waals surface area contributed by atoms with Crippen LogP contribution in [0, 0.1) is 0 Å². The lowest BCUT2D eigenvalue weighted by Gasteiger charge is -2.37. The average molecular weight is 286 g/mol. The first-order valence-electron chi connectivity index (χ1n) is 8.09. The molecule has 0 aromatic rings. The molecule has 120 valence electrons. The van der Waals surface area contributed by atoms with Gasteiger partial charge >= 0.3 is 0 Å². The van der Waals surface area contributed by atoms with Gasteiger partial charge in [-0.25, -0.2) is 0 Å². The summed E-state index contributed by atoms with van der Waals surface area (Å²) in [5.41, 5.74) is 0. The number of rotatable bonds is 10. The van der Waals surface area contributed by atoms with Crippen LogP contribution in [0.1, 0.15) is 19.8 Å². The van der Waals surface area contributed by atoms with Gasteiger partial charge in [-0.3, -0.25) is 9.80 Å². The highest BCUT2D eigenvalue weighted by atomic mass is 16.3. The van der Waals surface area contributed by atoms with Crippen LogP contribution < -0.4 is 5.32 Å². The summed E-state index contributed by atoms with van der Waals surface area (Å²) in [6, 6.07) is 0.438. The van der Waals surface area contributed by atoms with E-state index in [1.54, 1.807) is 0 Å². The van der Waals surface area contributed by atoms with Crippen molar-refractivity contribution >= 4 is 0 Å². The number of piperazine rings is 1. The molecule has 0 aromatic carbocycles. The molecule has 0 bridgehead atoms. The van der Waals surface area contributed by atoms with Crippen LogP contribution in [0.4, 0.5) is 0 Å². The van der Waals surface area contributed by atoms with Gasteiger partial charge in [-0.05, 0) is 33.5 Å². The van der Waals surface area contributed by atoms with Crippen LogP contribution in [0.25, 0.3) is 0 Å². The van der Waals surface area contributed by atoms with Crippen LogP contribution in [0.15, 0.2) is 0 Å². The Morgan fingerprint density at radius 1 is 1.15 bits per heavy atom. The SMILES string of the molecule is CCCNC(CCO)CN1CCN(CCN(C)C)CC1. The molecular formula is C15H34N4O. The molecule has 0 saturated carbocycles. The first-order chi connectivity index (χ1) is 9.65. The van der Waals surface area contributed by atoms with Crippen LogP contribution in [-0.4, -0.2) is 98.9 Å². The normalized spacial score (nSPS) is 19.6. The van der Waals surface area contributed by atoms with Crippen molar-refractivity contribution in [1.29, 1.82) is 0 Å². The molecule has 1 fully saturated rings. The molecule has 0 spiro atoms. The summed E-state index contributed by atoms with van der Waals surface area (Å²) >= 11 is 0. The minimum absolute atomic E-state index is 0.282. The molecule has 1 rings (SSSR count). The highest BCUT2D eigenvalue weighted by Crippen LogP contribution is 2.04. The Kier molecular flexibility index (Phi) is 9.39. The fraction of sp³-hybridized carbons (Fsp3) is 1.00. The van der Waals surface area contributed by atoms with Gasteiger partial charge < -0.3 is 15.3 Å². The Labute approximate surface area is 124 Å². The van der Waals surface area contributed by atoms with Gasteiger partial charge in [-0.15, -0.1) is 0 Å². The second-order valence-electron chi connectivity index (χ2n) is 6.11. The van der Waals surface area contributed by atoms with Gasteiger partial charge in [0.2, 0.25) is 0 Å². The zero-order valence-electron chi connectivity index (χ0n) is 13.6. The Morgan fingerprint density at radius 2 is 1.80 bits per heavy atom. The van der Waals surface area contributed by atoms with Crippen molar-refractivity contribution in [3.8, 4) is 0 Å². The Bertz CT molecular complexity index is 230. The van der Waals surface area contributed by atoms with Crippen molar-refractivity contribution in [2.45, 2.75) is 25.8 Å². The van der Waals surface area contributed by atoms with Crippen LogP contribution in [0.3, 0.4) is 0 Å². The van der Waals surface area contributed by atoms with Gasteiger partial charge in [-0.1, -0.05) is 6.92 Å². The van der Waals surface area contributed by atoms with E-state index in [1.807, 2.05) is 0 Å². The average Bonchev–Trinajstić information content (AvgIpc) is 2.44. The zero-order valence-corrected chi connectivity index (χ0v) is 13.6. The number of aliphatic hydroxyl groups excluding tert-OH is 1. The van der Waals surface area contributed by atoms with E-state index in [0.717, 1.165) is 45.6 Å². The molecular weight excluding hydrogens is 252 g/mol. The van der Waals surface area contributed by atoms with E-state index in [2.05, 4.69) is 41.0 Å². The van der Waals surface area contributed by atoms with Gasteiger partial charge in [-0.2, -0.15) is 0 Å². The van der Waals surface area contributed by atoms with E-state index in [-0.39, 0.29) is 6.61 Å². The van der Waals surface area contributed by atoms with Crippen LogP contribution in [0.5, 0.6) is 0 Å². The standard InChI is InChI=1S/C15H34N4O/c1-4-6-16-15(5-13-20)14-19-11-9-18(10-12-19)8-7-17(2)3/h15-16,20H,4-14H2,1-3H3. The van der Waals surface area contributed by atoms with Gasteiger partial charge in [0, 0.05) is 58.5 Å². The van der Waals surface area contributed by atoms with E-state index < -0.39 is 0 Å². The van der Waals surface area contributed by atoms with Crippen LogP contribution in [0.2, 0.25) is 0 Å². The highest BCUT2D eigenvalue weighted by Gasteiger charge is 2.19. The van der Waals surface area contributed by atoms with Crippen molar-refractivity contribution in [2.24, 2.45) is 0 Å². The molecule has 1 aliphatic heterocycles. The number of likely N-dealkylation sites (N-methyl/N-ethyl adjacent to an activating group) is 1. The molecule has 2 N–H and O–H groups in total. The maximum absolute atomic E-state index is 9.16. The van der Waals surface area contributed by atoms with Crippen LogP contribution in [-0.2, 0) is 0 Å². The highest BCUT2D eigenvalue weighted by molar-refractivity contribution is 4.77. The first kappa shape index (κ1) is 17.9. The smallest absolute Gasteiger partial charge is 0.0446 e. The van der Waals surface area contributed by atoms with Gasteiger partial charge in [0.15, 0.2) is 0 Å². The Hall–Kier alpha value is -0.200. The topological polar surface area (TPSA) is 42.0 Å². The quantitative estimate of drug-likeness (QED) is 0.588. The molecule has 1 heterocycles. The zero-order chi connectivity index (χ0) is 14.8. The third-order valence-corrected chi connectivity index (χ3v) is 3.97. The summed E-state index contributed by atoms with van der Waals surface area (Å²) in [4.78, 5) is 7.34. The summed E-state index contributed by atoms with van der Waals surface area (Å²) in [7, 11) is 4.27. The lowest BCUT2D eigenvalue weighted by Crippen LogP contribution is -2.51. The predicted molar refractivity (Wildman–Crippen MR) is 85.2 cm³/mol. The maximum Gasteiger partial charge on any atom is 0.0446 e. The van der Waals surface area contributed by atoms with Gasteiger partial charge in [0.25, 0.3) is 0 Å². The Morgan fingerprint density at radius 3 is 2.35 bits per heavy atom. The molecule has 5 nitrogen and oxygen atoms in total. The summed E-state index contributed by atoms with van der Waals surface area (Å²) in [6.07, 6.45) is 2.01. The van der Waals surface area contributed by atoms with Crippen LogP contribution >= 0.6 is 0 Å². The second kappa shape index (κ2) is 10.5. The number of hydrogen-bond acceptors (Lipinski definition) is 5. The summed E-state index contributed by atoms with van der Waals surface area (Å²) in [6.45, 7) is 11.6. The fourth-order valence-electron chi connectivity index (χ4n) is 2.61. The lowest BCUT2D eigenvalue weighted by atomic mass is 10.1. The molecule has 1 saturated heterocycles. The van der Waals surface area contributed by atoms with E-state index in [0.29, 0.717) is 6.04 Å². The third kappa shape index (κ3) is 7.55. The molecule has 1 unspecified atom stereocenters. The van der Waals surface area contributed by atoms with Crippen molar-refractivity contribution in [2.75, 3.05) is 73.1 Å². The number of nitrogens with zero attached hydrogens (tertiary/aromatic N) is 3. The predicted octanol–water partition coefficient (Wildman–Crippen LogP) is -0.0838. The first-order valence-corrected chi connectivity index (χ1v) is 8.09. The number of nitrogens with one attached hydrogen (secondary N) is 1. The molecule has 0 aliphatic carbocycles. The van der Waals surface area contributed by atoms with Gasteiger partial charge in [0.1, 0.15) is 0 Å². The molecule has 0 aromatic heterocycles. The molecule has 1 atom stereocenters. The molecule has 1 aliphatic rings. The van der Waals surface area contributed by atoms with Crippen molar-refractivity contribution in [1.82, 2.24) is 20.0 Å². The number of hydrogen-bond donors (Lipinski definition) is 2. The molecule has 5 heteroatoms. The van der Waals surface area contributed by atoms with E-state index in [4.69, 9.17) is 5.11 Å². The van der Waals surface area contributed by atoms with Crippen molar-refractivity contribution < 1.29 is 5.11 Å². The summed E-state index contributed by atoms with van der Waals surface area (Å²) in [5.74, 6) is 0. The minimum Gasteiger partial charge on any atom is -0.396 e. The fourth-order valence-corrected chi connectivity index (χ4v) is 2.61. The largest absolute Gasteiger partial charge is 0.396 e. The third-order valence-electron chi connectivity index (χ3n) is 3.97.